The number of hydrogen-bond donors (Lipinski definition) is 2. The minimum Gasteiger partial charge on any atom is -0.351 e. The number of anilines is 2. The van der Waals surface area contributed by atoms with Crippen molar-refractivity contribution >= 4 is 34.6 Å². The van der Waals surface area contributed by atoms with E-state index in [4.69, 9.17) is 12.2 Å². The Bertz CT molecular complexity index is 1140. The minimum absolute atomic E-state index is 0.0530. The average molecular weight is 448 g/mol. The van der Waals surface area contributed by atoms with Crippen molar-refractivity contribution in [3.63, 3.8) is 0 Å². The quantitative estimate of drug-likeness (QED) is 0.525. The predicted molar refractivity (Wildman–Crippen MR) is 133 cm³/mol. The Morgan fingerprint density at radius 2 is 1.88 bits per heavy atom. The van der Waals surface area contributed by atoms with E-state index in [-0.39, 0.29) is 18.0 Å². The summed E-state index contributed by atoms with van der Waals surface area (Å²) in [5, 5.41) is 7.00. The molecule has 0 spiro atoms. The van der Waals surface area contributed by atoms with Gasteiger partial charge in [0.1, 0.15) is 0 Å². The number of nitrogens with one attached hydrogen (secondary N) is 2. The van der Waals surface area contributed by atoms with Gasteiger partial charge in [0, 0.05) is 41.9 Å². The van der Waals surface area contributed by atoms with Crippen molar-refractivity contribution < 1.29 is 4.79 Å². The van der Waals surface area contributed by atoms with E-state index in [1.807, 2.05) is 48.7 Å². The third kappa shape index (κ3) is 4.00. The molecule has 3 aromatic rings. The summed E-state index contributed by atoms with van der Waals surface area (Å²) in [4.78, 5) is 18.2. The molecule has 1 aliphatic heterocycles. The van der Waals surface area contributed by atoms with E-state index >= 15 is 0 Å². The van der Waals surface area contributed by atoms with Crippen LogP contribution in [-0.4, -0.2) is 20.6 Å². The summed E-state index contributed by atoms with van der Waals surface area (Å²) in [7, 11) is 0. The first-order valence-corrected chi connectivity index (χ1v) is 11.3. The van der Waals surface area contributed by atoms with Gasteiger partial charge < -0.3 is 20.1 Å². The van der Waals surface area contributed by atoms with Gasteiger partial charge in [0.25, 0.3) is 0 Å². The number of aromatic nitrogens is 2. The second kappa shape index (κ2) is 8.74. The molecule has 4 rings (SSSR count). The number of amides is 1. The third-order valence-electron chi connectivity index (χ3n) is 5.92. The van der Waals surface area contributed by atoms with Gasteiger partial charge in [-0.15, -0.1) is 0 Å². The highest BCUT2D eigenvalue weighted by Crippen LogP contribution is 2.43. The van der Waals surface area contributed by atoms with Gasteiger partial charge in [-0.05, 0) is 87.9 Å². The molecule has 2 aromatic heterocycles. The van der Waals surface area contributed by atoms with Crippen molar-refractivity contribution in [3.8, 4) is 0 Å². The number of benzene rings is 1. The summed E-state index contributed by atoms with van der Waals surface area (Å²) in [6.07, 6.45) is 1.82. The van der Waals surface area contributed by atoms with Crippen molar-refractivity contribution in [1.29, 1.82) is 0 Å². The monoisotopic (exact) mass is 447 g/mol. The molecule has 1 amide bonds. The molecule has 1 aromatic carbocycles. The molecule has 3 heterocycles. The molecule has 0 bridgehead atoms. The van der Waals surface area contributed by atoms with Crippen LogP contribution in [0.4, 0.5) is 11.4 Å². The summed E-state index contributed by atoms with van der Waals surface area (Å²) < 4.78 is 2.37. The van der Waals surface area contributed by atoms with E-state index in [1.54, 1.807) is 0 Å². The van der Waals surface area contributed by atoms with Crippen molar-refractivity contribution in [2.45, 2.75) is 52.7 Å². The lowest BCUT2D eigenvalue weighted by Gasteiger charge is -2.28. The molecule has 1 fully saturated rings. The Morgan fingerprint density at radius 3 is 2.44 bits per heavy atom. The van der Waals surface area contributed by atoms with Crippen LogP contribution in [0.5, 0.6) is 0 Å². The maximum Gasteiger partial charge on any atom is 0.221 e. The molecule has 7 heteroatoms. The molecule has 0 radical (unpaired) electrons. The van der Waals surface area contributed by atoms with Crippen LogP contribution in [0.2, 0.25) is 0 Å². The molecule has 0 unspecified atom stereocenters. The lowest BCUT2D eigenvalue weighted by molar-refractivity contribution is -0.114. The molecule has 0 saturated carbocycles. The van der Waals surface area contributed by atoms with Crippen LogP contribution in [0.15, 0.2) is 54.7 Å². The Balaban J connectivity index is 1.82. The van der Waals surface area contributed by atoms with E-state index in [0.29, 0.717) is 11.2 Å². The van der Waals surface area contributed by atoms with Gasteiger partial charge in [0.15, 0.2) is 5.11 Å². The molecule has 1 aliphatic rings. The normalized spacial score (nSPS) is 18.2. The highest BCUT2D eigenvalue weighted by Gasteiger charge is 2.42. The van der Waals surface area contributed by atoms with Crippen LogP contribution in [0, 0.1) is 13.8 Å². The van der Waals surface area contributed by atoms with Crippen LogP contribution in [0.3, 0.4) is 0 Å². The van der Waals surface area contributed by atoms with Crippen molar-refractivity contribution in [1.82, 2.24) is 14.9 Å². The molecule has 1 saturated heterocycles. The van der Waals surface area contributed by atoms with Crippen LogP contribution in [0.25, 0.3) is 0 Å². The Kier molecular flexibility index (Phi) is 6.02. The van der Waals surface area contributed by atoms with Crippen molar-refractivity contribution in [3.05, 3.63) is 77.4 Å². The molecule has 0 aliphatic carbocycles. The minimum atomic E-state index is -0.0923. The van der Waals surface area contributed by atoms with E-state index in [0.717, 1.165) is 17.1 Å². The summed E-state index contributed by atoms with van der Waals surface area (Å²) in [6.45, 7) is 10.2. The smallest absolute Gasteiger partial charge is 0.221 e. The number of nitrogens with zero attached hydrogens (tertiary/aromatic N) is 3. The Hall–Kier alpha value is -3.19. The lowest BCUT2D eigenvalue weighted by atomic mass is 9.96. The molecular formula is C25H29N5OS. The third-order valence-corrected chi connectivity index (χ3v) is 6.24. The zero-order valence-corrected chi connectivity index (χ0v) is 19.9. The van der Waals surface area contributed by atoms with Gasteiger partial charge in [0.05, 0.1) is 17.8 Å². The topological polar surface area (TPSA) is 62.2 Å². The van der Waals surface area contributed by atoms with Gasteiger partial charge in [-0.1, -0.05) is 6.07 Å². The zero-order valence-electron chi connectivity index (χ0n) is 19.1. The fourth-order valence-corrected chi connectivity index (χ4v) is 5.10. The van der Waals surface area contributed by atoms with Gasteiger partial charge in [-0.25, -0.2) is 0 Å². The van der Waals surface area contributed by atoms with E-state index < -0.39 is 0 Å². The van der Waals surface area contributed by atoms with Gasteiger partial charge in [-0.3, -0.25) is 9.78 Å². The number of hydrogen-bond acceptors (Lipinski definition) is 3. The second-order valence-corrected chi connectivity index (χ2v) is 8.90. The molecule has 32 heavy (non-hydrogen) atoms. The first-order chi connectivity index (χ1) is 15.3. The van der Waals surface area contributed by atoms with E-state index in [2.05, 4.69) is 58.8 Å². The van der Waals surface area contributed by atoms with Crippen LogP contribution >= 0.6 is 12.2 Å². The summed E-state index contributed by atoms with van der Waals surface area (Å²) in [5.74, 6) is -0.0923. The number of aryl methyl sites for hydroxylation is 1. The zero-order chi connectivity index (χ0) is 23.0. The largest absolute Gasteiger partial charge is 0.351 e. The molecule has 2 atom stereocenters. The molecule has 6 nitrogen and oxygen atoms in total. The fourth-order valence-electron chi connectivity index (χ4n) is 4.75. The Labute approximate surface area is 194 Å². The molecule has 166 valence electrons. The maximum absolute atomic E-state index is 11.4. The van der Waals surface area contributed by atoms with Crippen molar-refractivity contribution in [2.24, 2.45) is 0 Å². The number of carbonyl (C=O) groups is 1. The standard InChI is InChI=1S/C25H29N5OS/c1-15(2)29-16(3)14-21(17(29)4)24-23(22-8-6-7-13-26-22)28-25(32)30(24)20-11-9-19(10-12-20)27-18(5)31/h6-15,23-24H,1-5H3,(H,27,31)(H,28,32)/t23-,24+/m0/s1. The van der Waals surface area contributed by atoms with Crippen LogP contribution in [-0.2, 0) is 4.79 Å². The number of carbonyl (C=O) groups excluding carboxylic acids is 1. The van der Waals surface area contributed by atoms with Gasteiger partial charge in [-0.2, -0.15) is 0 Å². The Morgan fingerprint density at radius 1 is 1.16 bits per heavy atom. The van der Waals surface area contributed by atoms with Crippen molar-refractivity contribution in [2.75, 3.05) is 10.2 Å². The van der Waals surface area contributed by atoms with E-state index in [1.165, 1.54) is 23.9 Å². The summed E-state index contributed by atoms with van der Waals surface area (Å²) >= 11 is 5.82. The average Bonchev–Trinajstić information content (AvgIpc) is 3.24. The molecule has 2 N–H and O–H groups in total. The highest BCUT2D eigenvalue weighted by molar-refractivity contribution is 7.80. The molecular weight excluding hydrogens is 418 g/mol. The first kappa shape index (κ1) is 22.0. The summed E-state index contributed by atoms with van der Waals surface area (Å²) in [6, 6.07) is 16.3. The first-order valence-electron chi connectivity index (χ1n) is 10.8. The van der Waals surface area contributed by atoms with Gasteiger partial charge >= 0.3 is 0 Å². The SMILES string of the molecule is CC(=O)Nc1ccc(N2C(=S)N[C@@H](c3ccccn3)[C@H]2c2cc(C)n(C(C)C)c2C)cc1. The van der Waals surface area contributed by atoms with Crippen LogP contribution in [0.1, 0.15) is 61.5 Å². The number of pyridine rings is 1. The number of thiocarbonyl (C=S) groups is 1. The lowest BCUT2D eigenvalue weighted by Crippen LogP contribution is -2.29. The second-order valence-electron chi connectivity index (χ2n) is 8.51. The van der Waals surface area contributed by atoms with Crippen LogP contribution < -0.4 is 15.5 Å². The van der Waals surface area contributed by atoms with E-state index in [9.17, 15) is 4.79 Å². The summed E-state index contributed by atoms with van der Waals surface area (Å²) in [5.41, 5.74) is 6.36. The fraction of sp³-hybridized carbons (Fsp3) is 0.320. The highest BCUT2D eigenvalue weighted by atomic mass is 32.1. The predicted octanol–water partition coefficient (Wildman–Crippen LogP) is 5.22. The number of rotatable bonds is 5. The van der Waals surface area contributed by atoms with Gasteiger partial charge in [0.2, 0.25) is 5.91 Å². The maximum atomic E-state index is 11.4.